The SMILES string of the molecule is CCOC(=O)CN(CC)C(=O)Nc1ccc(F)cc1. The van der Waals surface area contributed by atoms with Crippen molar-refractivity contribution >= 4 is 17.7 Å². The molecule has 2 amide bonds. The lowest BCUT2D eigenvalue weighted by Gasteiger charge is -2.20. The highest BCUT2D eigenvalue weighted by molar-refractivity contribution is 5.91. The first-order chi connectivity index (χ1) is 9.06. The molecule has 104 valence electrons. The van der Waals surface area contributed by atoms with Crippen LogP contribution in [0.15, 0.2) is 24.3 Å². The summed E-state index contributed by atoms with van der Waals surface area (Å²) >= 11 is 0. The second kappa shape index (κ2) is 7.35. The number of carbonyl (C=O) groups is 2. The zero-order valence-corrected chi connectivity index (χ0v) is 11.0. The molecule has 0 radical (unpaired) electrons. The van der Waals surface area contributed by atoms with Gasteiger partial charge in [-0.1, -0.05) is 0 Å². The van der Waals surface area contributed by atoms with Crippen LogP contribution in [0, 0.1) is 5.82 Å². The van der Waals surface area contributed by atoms with E-state index >= 15 is 0 Å². The number of carbonyl (C=O) groups excluding carboxylic acids is 2. The lowest BCUT2D eigenvalue weighted by Crippen LogP contribution is -2.39. The molecule has 1 N–H and O–H groups in total. The zero-order valence-electron chi connectivity index (χ0n) is 11.0. The van der Waals surface area contributed by atoms with Gasteiger partial charge in [0.2, 0.25) is 0 Å². The van der Waals surface area contributed by atoms with Crippen molar-refractivity contribution in [3.8, 4) is 0 Å². The van der Waals surface area contributed by atoms with Crippen LogP contribution in [0.2, 0.25) is 0 Å². The number of benzene rings is 1. The number of urea groups is 1. The molecule has 0 saturated heterocycles. The maximum absolute atomic E-state index is 12.7. The van der Waals surface area contributed by atoms with Crippen molar-refractivity contribution in [1.29, 1.82) is 0 Å². The number of hydrogen-bond acceptors (Lipinski definition) is 3. The van der Waals surface area contributed by atoms with Gasteiger partial charge in [0, 0.05) is 12.2 Å². The second-order valence-electron chi connectivity index (χ2n) is 3.76. The molecule has 6 heteroatoms. The smallest absolute Gasteiger partial charge is 0.325 e. The molecule has 0 bridgehead atoms. The molecule has 0 aliphatic heterocycles. The number of anilines is 1. The Kier molecular flexibility index (Phi) is 5.78. The number of likely N-dealkylation sites (N-methyl/N-ethyl adjacent to an activating group) is 1. The quantitative estimate of drug-likeness (QED) is 0.833. The minimum atomic E-state index is -0.460. The van der Waals surface area contributed by atoms with Crippen molar-refractivity contribution in [2.24, 2.45) is 0 Å². The van der Waals surface area contributed by atoms with Crippen molar-refractivity contribution < 1.29 is 18.7 Å². The van der Waals surface area contributed by atoms with Gasteiger partial charge in [-0.3, -0.25) is 4.79 Å². The average molecular weight is 268 g/mol. The lowest BCUT2D eigenvalue weighted by atomic mass is 10.3. The molecule has 0 atom stereocenters. The zero-order chi connectivity index (χ0) is 14.3. The third-order valence-electron chi connectivity index (χ3n) is 2.39. The monoisotopic (exact) mass is 268 g/mol. The van der Waals surface area contributed by atoms with Crippen molar-refractivity contribution in [3.05, 3.63) is 30.1 Å². The number of hydrogen-bond donors (Lipinski definition) is 1. The van der Waals surface area contributed by atoms with E-state index < -0.39 is 12.0 Å². The Balaban J connectivity index is 2.58. The first kappa shape index (κ1) is 14.9. The molecule has 0 aliphatic carbocycles. The van der Waals surface area contributed by atoms with Crippen LogP contribution in [-0.2, 0) is 9.53 Å². The van der Waals surface area contributed by atoms with Gasteiger partial charge in [0.1, 0.15) is 12.4 Å². The van der Waals surface area contributed by atoms with E-state index in [1.807, 2.05) is 0 Å². The van der Waals surface area contributed by atoms with E-state index in [4.69, 9.17) is 4.74 Å². The minimum absolute atomic E-state index is 0.114. The van der Waals surface area contributed by atoms with Gasteiger partial charge in [-0.15, -0.1) is 0 Å². The van der Waals surface area contributed by atoms with Crippen LogP contribution in [0.1, 0.15) is 13.8 Å². The fraction of sp³-hybridized carbons (Fsp3) is 0.385. The van der Waals surface area contributed by atoms with Gasteiger partial charge >= 0.3 is 12.0 Å². The maximum atomic E-state index is 12.7. The Bertz CT molecular complexity index is 434. The van der Waals surface area contributed by atoms with Crippen LogP contribution in [0.4, 0.5) is 14.9 Å². The average Bonchev–Trinajstić information content (AvgIpc) is 2.39. The first-order valence-electron chi connectivity index (χ1n) is 6.04. The highest BCUT2D eigenvalue weighted by Crippen LogP contribution is 2.09. The third kappa shape index (κ3) is 4.95. The summed E-state index contributed by atoms with van der Waals surface area (Å²) < 4.78 is 17.5. The minimum Gasteiger partial charge on any atom is -0.465 e. The van der Waals surface area contributed by atoms with Crippen LogP contribution < -0.4 is 5.32 Å². The van der Waals surface area contributed by atoms with E-state index in [0.717, 1.165) is 0 Å². The largest absolute Gasteiger partial charge is 0.465 e. The van der Waals surface area contributed by atoms with Gasteiger partial charge in [-0.05, 0) is 38.1 Å². The van der Waals surface area contributed by atoms with Crippen LogP contribution in [0.25, 0.3) is 0 Å². The summed E-state index contributed by atoms with van der Waals surface area (Å²) in [5, 5.41) is 2.58. The number of amides is 2. The van der Waals surface area contributed by atoms with Gasteiger partial charge < -0.3 is 15.0 Å². The maximum Gasteiger partial charge on any atom is 0.325 e. The first-order valence-corrected chi connectivity index (χ1v) is 6.04. The molecule has 0 fully saturated rings. The topological polar surface area (TPSA) is 58.6 Å². The molecule has 1 aromatic rings. The molecule has 1 rings (SSSR count). The van der Waals surface area contributed by atoms with E-state index in [2.05, 4.69) is 5.32 Å². The number of halogens is 1. The Morgan fingerprint density at radius 3 is 2.42 bits per heavy atom. The van der Waals surface area contributed by atoms with E-state index in [1.54, 1.807) is 13.8 Å². The summed E-state index contributed by atoms with van der Waals surface area (Å²) in [6.45, 7) is 3.98. The van der Waals surface area contributed by atoms with Gasteiger partial charge in [-0.25, -0.2) is 9.18 Å². The standard InChI is InChI=1S/C13H17FN2O3/c1-3-16(9-12(17)19-4-2)13(18)15-11-7-5-10(14)6-8-11/h5-8H,3-4,9H2,1-2H3,(H,15,18). The van der Waals surface area contributed by atoms with Crippen molar-refractivity contribution in [1.82, 2.24) is 4.90 Å². The summed E-state index contributed by atoms with van der Waals surface area (Å²) in [6, 6.07) is 4.97. The Labute approximate surface area is 111 Å². The molecular weight excluding hydrogens is 251 g/mol. The van der Waals surface area contributed by atoms with Gasteiger partial charge in [0.05, 0.1) is 6.61 Å². The Hall–Kier alpha value is -2.11. The summed E-state index contributed by atoms with van der Waals surface area (Å²) in [7, 11) is 0. The number of rotatable bonds is 5. The highest BCUT2D eigenvalue weighted by Gasteiger charge is 2.16. The number of esters is 1. The normalized spacial score (nSPS) is 9.84. The van der Waals surface area contributed by atoms with Crippen LogP contribution >= 0.6 is 0 Å². The summed E-state index contributed by atoms with van der Waals surface area (Å²) in [5.74, 6) is -0.838. The Morgan fingerprint density at radius 2 is 1.89 bits per heavy atom. The van der Waals surface area contributed by atoms with Crippen molar-refractivity contribution in [2.45, 2.75) is 13.8 Å². The summed E-state index contributed by atoms with van der Waals surface area (Å²) in [4.78, 5) is 24.5. The van der Waals surface area contributed by atoms with E-state index in [1.165, 1.54) is 29.2 Å². The molecule has 19 heavy (non-hydrogen) atoms. The fourth-order valence-corrected chi connectivity index (χ4v) is 1.43. The van der Waals surface area contributed by atoms with Crippen LogP contribution in [0.5, 0.6) is 0 Å². The van der Waals surface area contributed by atoms with E-state index in [9.17, 15) is 14.0 Å². The van der Waals surface area contributed by atoms with Crippen molar-refractivity contribution in [2.75, 3.05) is 25.0 Å². The van der Waals surface area contributed by atoms with Crippen LogP contribution in [-0.4, -0.2) is 36.6 Å². The molecule has 0 heterocycles. The molecule has 0 aliphatic rings. The molecule has 0 spiro atoms. The molecule has 0 unspecified atom stereocenters. The summed E-state index contributed by atoms with van der Waals surface area (Å²) in [6.07, 6.45) is 0. The molecular formula is C13H17FN2O3. The predicted molar refractivity (Wildman–Crippen MR) is 69.3 cm³/mol. The van der Waals surface area contributed by atoms with Crippen LogP contribution in [0.3, 0.4) is 0 Å². The highest BCUT2D eigenvalue weighted by atomic mass is 19.1. The summed E-state index contributed by atoms with van der Waals surface area (Å²) in [5.41, 5.74) is 0.466. The predicted octanol–water partition coefficient (Wildman–Crippen LogP) is 2.24. The van der Waals surface area contributed by atoms with Gasteiger partial charge in [-0.2, -0.15) is 0 Å². The Morgan fingerprint density at radius 1 is 1.26 bits per heavy atom. The second-order valence-corrected chi connectivity index (χ2v) is 3.76. The van der Waals surface area contributed by atoms with Crippen molar-refractivity contribution in [3.63, 3.8) is 0 Å². The molecule has 0 aromatic heterocycles. The lowest BCUT2D eigenvalue weighted by molar-refractivity contribution is -0.143. The third-order valence-corrected chi connectivity index (χ3v) is 2.39. The van der Waals surface area contributed by atoms with E-state index in [-0.39, 0.29) is 19.0 Å². The fourth-order valence-electron chi connectivity index (χ4n) is 1.43. The van der Waals surface area contributed by atoms with Gasteiger partial charge in [0.15, 0.2) is 0 Å². The molecule has 1 aromatic carbocycles. The number of nitrogens with zero attached hydrogens (tertiary/aromatic N) is 1. The molecule has 0 saturated carbocycles. The van der Waals surface area contributed by atoms with Gasteiger partial charge in [0.25, 0.3) is 0 Å². The molecule has 5 nitrogen and oxygen atoms in total. The number of ether oxygens (including phenoxy) is 1. The number of nitrogens with one attached hydrogen (secondary N) is 1. The van der Waals surface area contributed by atoms with E-state index in [0.29, 0.717) is 12.2 Å².